The average Bonchev–Trinajstić information content (AvgIpc) is 3.16. The van der Waals surface area contributed by atoms with Gasteiger partial charge in [0.05, 0.1) is 17.4 Å². The fourth-order valence-corrected chi connectivity index (χ4v) is 6.87. The normalized spacial score (nSPS) is 42.1. The molecule has 1 saturated carbocycles. The van der Waals surface area contributed by atoms with Crippen LogP contribution in [0, 0.1) is 5.92 Å². The third kappa shape index (κ3) is 4.21. The standard InChI is InChI=1S/C13H25N3OS3/c1-17-11-4-2-3-9(5-11)12-15-10(6-18-12)7-19-13-16-14-8-20-13/h9-16H,2-8H2,1H3. The summed E-state index contributed by atoms with van der Waals surface area (Å²) >= 11 is 6.10. The Kier molecular flexibility index (Phi) is 6.27. The molecule has 2 aliphatic heterocycles. The molecule has 116 valence electrons. The number of hydrazine groups is 1. The van der Waals surface area contributed by atoms with E-state index in [2.05, 4.69) is 27.9 Å². The van der Waals surface area contributed by atoms with Crippen molar-refractivity contribution in [1.82, 2.24) is 16.2 Å². The van der Waals surface area contributed by atoms with Gasteiger partial charge in [0, 0.05) is 24.7 Å². The molecule has 1 aliphatic carbocycles. The summed E-state index contributed by atoms with van der Waals surface area (Å²) in [6.07, 6.45) is 5.69. The molecule has 20 heavy (non-hydrogen) atoms. The quantitative estimate of drug-likeness (QED) is 0.710. The fraction of sp³-hybridized carbons (Fsp3) is 1.00. The Bertz CT molecular complexity index is 305. The molecule has 0 spiro atoms. The Balaban J connectivity index is 1.39. The molecule has 0 aromatic carbocycles. The molecular formula is C13H25N3OS3. The monoisotopic (exact) mass is 335 g/mol. The van der Waals surface area contributed by atoms with Crippen LogP contribution in [0.15, 0.2) is 0 Å². The van der Waals surface area contributed by atoms with E-state index in [4.69, 9.17) is 4.74 Å². The number of rotatable bonds is 5. The summed E-state index contributed by atoms with van der Waals surface area (Å²) in [7, 11) is 1.86. The largest absolute Gasteiger partial charge is 0.381 e. The maximum absolute atomic E-state index is 5.56. The zero-order valence-corrected chi connectivity index (χ0v) is 14.4. The van der Waals surface area contributed by atoms with Gasteiger partial charge in [0.1, 0.15) is 4.71 Å². The van der Waals surface area contributed by atoms with E-state index >= 15 is 0 Å². The summed E-state index contributed by atoms with van der Waals surface area (Å²) in [5.74, 6) is 4.29. The number of nitrogens with one attached hydrogen (secondary N) is 3. The lowest BCUT2D eigenvalue weighted by Gasteiger charge is -2.32. The summed E-state index contributed by atoms with van der Waals surface area (Å²) in [6.45, 7) is 0. The van der Waals surface area contributed by atoms with Crippen molar-refractivity contribution in [1.29, 1.82) is 0 Å². The molecule has 0 amide bonds. The molecule has 0 radical (unpaired) electrons. The van der Waals surface area contributed by atoms with Gasteiger partial charge in [-0.05, 0) is 25.2 Å². The second-order valence-electron chi connectivity index (χ2n) is 5.70. The molecule has 0 aromatic rings. The SMILES string of the molecule is COC1CCCC(C2NC(CSC3NNCS3)CS2)C1. The van der Waals surface area contributed by atoms with E-state index in [1.54, 1.807) is 0 Å². The number of hydrogen-bond donors (Lipinski definition) is 3. The maximum atomic E-state index is 5.56. The summed E-state index contributed by atoms with van der Waals surface area (Å²) in [4.78, 5) is 0. The minimum Gasteiger partial charge on any atom is -0.381 e. The lowest BCUT2D eigenvalue weighted by molar-refractivity contribution is 0.0486. The van der Waals surface area contributed by atoms with Gasteiger partial charge in [-0.15, -0.1) is 35.3 Å². The van der Waals surface area contributed by atoms with Crippen molar-refractivity contribution < 1.29 is 4.74 Å². The van der Waals surface area contributed by atoms with Crippen LogP contribution in [0.2, 0.25) is 0 Å². The van der Waals surface area contributed by atoms with Gasteiger partial charge in [0.25, 0.3) is 0 Å². The highest BCUT2D eigenvalue weighted by Crippen LogP contribution is 2.36. The Hall–Kier alpha value is 0.890. The number of hydrogen-bond acceptors (Lipinski definition) is 7. The molecule has 3 aliphatic rings. The zero-order valence-electron chi connectivity index (χ0n) is 12.0. The molecule has 2 heterocycles. The Morgan fingerprint density at radius 1 is 1.30 bits per heavy atom. The van der Waals surface area contributed by atoms with Crippen LogP contribution in [0.3, 0.4) is 0 Å². The molecule has 5 unspecified atom stereocenters. The van der Waals surface area contributed by atoms with Gasteiger partial charge in [0.2, 0.25) is 0 Å². The zero-order chi connectivity index (χ0) is 13.8. The van der Waals surface area contributed by atoms with Crippen LogP contribution >= 0.6 is 35.3 Å². The highest BCUT2D eigenvalue weighted by molar-refractivity contribution is 8.17. The summed E-state index contributed by atoms with van der Waals surface area (Å²) in [6, 6.07) is 0.668. The molecule has 4 nitrogen and oxygen atoms in total. The molecule has 3 rings (SSSR count). The van der Waals surface area contributed by atoms with Crippen molar-refractivity contribution in [3.8, 4) is 0 Å². The minimum absolute atomic E-state index is 0.495. The van der Waals surface area contributed by atoms with Gasteiger partial charge in [-0.3, -0.25) is 0 Å². The maximum Gasteiger partial charge on any atom is 0.114 e. The van der Waals surface area contributed by atoms with Crippen molar-refractivity contribution in [2.45, 2.75) is 47.9 Å². The van der Waals surface area contributed by atoms with Crippen molar-refractivity contribution in [2.24, 2.45) is 5.92 Å². The van der Waals surface area contributed by atoms with Crippen LogP contribution in [-0.2, 0) is 4.74 Å². The van der Waals surface area contributed by atoms with E-state index in [1.165, 1.54) is 37.2 Å². The first-order chi connectivity index (χ1) is 9.85. The molecule has 0 aromatic heterocycles. The molecule has 0 bridgehead atoms. The Labute approximate surface area is 134 Å². The lowest BCUT2D eigenvalue weighted by atomic mass is 9.87. The van der Waals surface area contributed by atoms with Crippen LogP contribution < -0.4 is 16.2 Å². The van der Waals surface area contributed by atoms with Crippen LogP contribution in [0.4, 0.5) is 0 Å². The van der Waals surface area contributed by atoms with Gasteiger partial charge in [-0.2, -0.15) is 0 Å². The van der Waals surface area contributed by atoms with E-state index in [0.29, 0.717) is 22.2 Å². The summed E-state index contributed by atoms with van der Waals surface area (Å²) in [5, 5.41) is 4.51. The van der Waals surface area contributed by atoms with Crippen LogP contribution in [0.1, 0.15) is 25.7 Å². The fourth-order valence-electron chi connectivity index (χ4n) is 3.16. The van der Waals surface area contributed by atoms with Crippen LogP contribution in [0.5, 0.6) is 0 Å². The first-order valence-electron chi connectivity index (χ1n) is 7.47. The smallest absolute Gasteiger partial charge is 0.114 e. The second kappa shape index (κ2) is 7.94. The van der Waals surface area contributed by atoms with E-state index in [9.17, 15) is 0 Å². The summed E-state index contributed by atoms with van der Waals surface area (Å²) < 4.78 is 6.09. The molecular weight excluding hydrogens is 310 g/mol. The van der Waals surface area contributed by atoms with E-state index in [1.807, 2.05) is 30.6 Å². The van der Waals surface area contributed by atoms with E-state index < -0.39 is 0 Å². The van der Waals surface area contributed by atoms with E-state index in [-0.39, 0.29) is 0 Å². The van der Waals surface area contributed by atoms with Crippen molar-refractivity contribution in [3.05, 3.63) is 0 Å². The van der Waals surface area contributed by atoms with Crippen molar-refractivity contribution in [2.75, 3.05) is 24.5 Å². The topological polar surface area (TPSA) is 45.3 Å². The highest BCUT2D eigenvalue weighted by Gasteiger charge is 2.34. The second-order valence-corrected chi connectivity index (χ2v) is 9.40. The van der Waals surface area contributed by atoms with Gasteiger partial charge in [-0.1, -0.05) is 6.42 Å². The van der Waals surface area contributed by atoms with Gasteiger partial charge < -0.3 is 10.1 Å². The summed E-state index contributed by atoms with van der Waals surface area (Å²) in [5.41, 5.74) is 6.47. The third-order valence-electron chi connectivity index (χ3n) is 4.28. The Morgan fingerprint density at radius 3 is 3.05 bits per heavy atom. The van der Waals surface area contributed by atoms with Crippen LogP contribution in [0.25, 0.3) is 0 Å². The van der Waals surface area contributed by atoms with Crippen molar-refractivity contribution in [3.63, 3.8) is 0 Å². The van der Waals surface area contributed by atoms with Gasteiger partial charge in [0.15, 0.2) is 0 Å². The third-order valence-corrected chi connectivity index (χ3v) is 8.32. The Morgan fingerprint density at radius 2 is 2.25 bits per heavy atom. The molecule has 3 N–H and O–H groups in total. The van der Waals surface area contributed by atoms with Gasteiger partial charge in [-0.25, -0.2) is 10.9 Å². The highest BCUT2D eigenvalue weighted by atomic mass is 32.2. The molecule has 5 atom stereocenters. The number of methoxy groups -OCH3 is 1. The predicted molar refractivity (Wildman–Crippen MR) is 90.9 cm³/mol. The van der Waals surface area contributed by atoms with Crippen molar-refractivity contribution >= 4 is 35.3 Å². The number of ether oxygens (including phenoxy) is 1. The van der Waals surface area contributed by atoms with Crippen LogP contribution in [-0.4, -0.2) is 46.7 Å². The van der Waals surface area contributed by atoms with Gasteiger partial charge >= 0.3 is 0 Å². The number of thioether (sulfide) groups is 3. The first kappa shape index (κ1) is 15.8. The van der Waals surface area contributed by atoms with E-state index in [0.717, 1.165) is 11.8 Å². The average molecular weight is 336 g/mol. The first-order valence-corrected chi connectivity index (χ1v) is 10.6. The molecule has 7 heteroatoms. The lowest BCUT2D eigenvalue weighted by Crippen LogP contribution is -2.39. The molecule has 3 fully saturated rings. The predicted octanol–water partition coefficient (Wildman–Crippen LogP) is 2.04. The molecule has 2 saturated heterocycles. The minimum atomic E-state index is 0.495.